The summed E-state index contributed by atoms with van der Waals surface area (Å²) in [6.45, 7) is 30.9. The van der Waals surface area contributed by atoms with Gasteiger partial charge in [0, 0.05) is 42.1 Å². The third-order valence-corrected chi connectivity index (χ3v) is 3.48. The minimum atomic E-state index is 0. The Bertz CT molecular complexity index is 126. The maximum Gasteiger partial charge on any atom is 0 e. The summed E-state index contributed by atoms with van der Waals surface area (Å²) in [7, 11) is 0. The zero-order chi connectivity index (χ0) is 19.6. The first-order valence-corrected chi connectivity index (χ1v) is 10.3. The Kier molecular flexibility index (Phi) is 72.5. The topological polar surface area (TPSA) is 0 Å². The number of rotatable bonds is 4. The number of hydrogen-bond donors (Lipinski definition) is 0. The molecule has 0 aliphatic heterocycles. The van der Waals surface area contributed by atoms with Crippen LogP contribution in [0.5, 0.6) is 0 Å². The fraction of sp³-hybridized carbons (Fsp3) is 0.750. The van der Waals surface area contributed by atoms with E-state index in [0.29, 0.717) is 11.8 Å². The van der Waals surface area contributed by atoms with Crippen LogP contribution < -0.4 is 0 Å². The molecular formula is C24H50Pt2-6. The van der Waals surface area contributed by atoms with Gasteiger partial charge in [0.2, 0.25) is 0 Å². The second kappa shape index (κ2) is 45.2. The van der Waals surface area contributed by atoms with E-state index >= 15 is 0 Å². The molecular weight excluding hydrogens is 678 g/mol. The molecule has 0 unspecified atom stereocenters. The van der Waals surface area contributed by atoms with Crippen LogP contribution in [-0.4, -0.2) is 0 Å². The molecule has 0 amide bonds. The summed E-state index contributed by atoms with van der Waals surface area (Å²) < 4.78 is 0. The third-order valence-electron chi connectivity index (χ3n) is 3.48. The zero-order valence-corrected chi connectivity index (χ0v) is 23.1. The SMILES string of the molecule is [CH2-]CCC.[CH2-]CCC.[CH2-]CCC.[CH2-]CCC.[CH2-][C@@H]1CCCC[C@@H]1[CH2-].[Pt].[Pt]. The van der Waals surface area contributed by atoms with Gasteiger partial charge in [0.25, 0.3) is 0 Å². The Morgan fingerprint density at radius 1 is 0.538 bits per heavy atom. The van der Waals surface area contributed by atoms with Crippen LogP contribution in [0.2, 0.25) is 0 Å². The van der Waals surface area contributed by atoms with Crippen LogP contribution in [0.4, 0.5) is 0 Å². The van der Waals surface area contributed by atoms with Crippen LogP contribution in [0, 0.1) is 53.4 Å². The molecule has 0 spiro atoms. The molecule has 0 nitrogen and oxygen atoms in total. The summed E-state index contributed by atoms with van der Waals surface area (Å²) in [5, 5.41) is 0. The second-order valence-corrected chi connectivity index (χ2v) is 6.22. The van der Waals surface area contributed by atoms with E-state index in [1.165, 1.54) is 51.4 Å². The van der Waals surface area contributed by atoms with Crippen LogP contribution in [-0.2, 0) is 42.1 Å². The predicted molar refractivity (Wildman–Crippen MR) is 117 cm³/mol. The minimum Gasteiger partial charge on any atom is -0.343 e. The maximum atomic E-state index is 4.02. The molecule has 0 aromatic rings. The van der Waals surface area contributed by atoms with Gasteiger partial charge in [0.1, 0.15) is 0 Å². The Labute approximate surface area is 199 Å². The normalized spacial score (nSPS) is 16.8. The van der Waals surface area contributed by atoms with Crippen molar-refractivity contribution >= 4 is 0 Å². The van der Waals surface area contributed by atoms with Gasteiger partial charge in [-0.1, -0.05) is 79.1 Å². The van der Waals surface area contributed by atoms with Gasteiger partial charge in [-0.3, -0.25) is 0 Å². The molecule has 1 aliphatic carbocycles. The maximum absolute atomic E-state index is 4.02. The predicted octanol–water partition coefficient (Wildman–Crippen LogP) is 8.94. The second-order valence-electron chi connectivity index (χ2n) is 6.22. The molecule has 0 aromatic carbocycles. The molecule has 0 saturated heterocycles. The fourth-order valence-electron chi connectivity index (χ4n) is 1.28. The Morgan fingerprint density at radius 3 is 0.769 bits per heavy atom. The van der Waals surface area contributed by atoms with Gasteiger partial charge in [0.05, 0.1) is 0 Å². The smallest absolute Gasteiger partial charge is 0 e. The molecule has 1 rings (SSSR count). The van der Waals surface area contributed by atoms with E-state index in [2.05, 4.69) is 69.2 Å². The number of unbranched alkanes of at least 4 members (excludes halogenated alkanes) is 4. The van der Waals surface area contributed by atoms with Crippen LogP contribution >= 0.6 is 0 Å². The summed E-state index contributed by atoms with van der Waals surface area (Å²) in [6, 6.07) is 0. The first-order chi connectivity index (χ1) is 11.5. The first kappa shape index (κ1) is 41.7. The van der Waals surface area contributed by atoms with Crippen molar-refractivity contribution in [1.82, 2.24) is 0 Å². The van der Waals surface area contributed by atoms with Gasteiger partial charge >= 0.3 is 0 Å². The largest absolute Gasteiger partial charge is 0.343 e. The Morgan fingerprint density at radius 2 is 0.692 bits per heavy atom. The molecule has 0 bridgehead atoms. The van der Waals surface area contributed by atoms with Crippen molar-refractivity contribution in [1.29, 1.82) is 0 Å². The molecule has 1 saturated carbocycles. The third kappa shape index (κ3) is 56.2. The van der Waals surface area contributed by atoms with Gasteiger partial charge < -0.3 is 41.5 Å². The van der Waals surface area contributed by atoms with Crippen molar-refractivity contribution < 1.29 is 42.1 Å². The van der Waals surface area contributed by atoms with Crippen molar-refractivity contribution in [3.63, 3.8) is 0 Å². The molecule has 26 heavy (non-hydrogen) atoms. The van der Waals surface area contributed by atoms with E-state index in [-0.39, 0.29) is 42.1 Å². The van der Waals surface area contributed by atoms with Crippen molar-refractivity contribution in [3.8, 4) is 0 Å². The van der Waals surface area contributed by atoms with E-state index in [0.717, 1.165) is 25.7 Å². The van der Waals surface area contributed by atoms with E-state index in [9.17, 15) is 0 Å². The Balaban J connectivity index is -0.0000000495. The molecule has 2 atom stereocenters. The standard InChI is InChI=1S/C8H14.4C4H9.2Pt/c1-7-5-3-4-6-8(7)2;4*1-3-4-2;;/h7-8H,1-6H2;4*1,3-4H2,2H3;;/q-2;4*-1;;/t7-,8+;;;;;;. The van der Waals surface area contributed by atoms with Gasteiger partial charge in [-0.15, -0.1) is 0 Å². The van der Waals surface area contributed by atoms with Crippen LogP contribution in [0.1, 0.15) is 105 Å². The molecule has 0 aromatic heterocycles. The molecule has 1 aliphatic rings. The molecule has 172 valence electrons. The monoisotopic (exact) mass is 728 g/mol. The van der Waals surface area contributed by atoms with Crippen molar-refractivity contribution in [2.45, 2.75) is 105 Å². The summed E-state index contributed by atoms with van der Waals surface area (Å²) in [5.74, 6) is 1.28. The van der Waals surface area contributed by atoms with E-state index in [1.54, 1.807) is 0 Å². The van der Waals surface area contributed by atoms with E-state index < -0.39 is 0 Å². The van der Waals surface area contributed by atoms with E-state index in [4.69, 9.17) is 0 Å². The van der Waals surface area contributed by atoms with Crippen molar-refractivity contribution in [3.05, 3.63) is 41.5 Å². The average molecular weight is 729 g/mol. The van der Waals surface area contributed by atoms with Crippen LogP contribution in [0.15, 0.2) is 0 Å². The summed E-state index contributed by atoms with van der Waals surface area (Å²) in [4.78, 5) is 0. The van der Waals surface area contributed by atoms with Crippen LogP contribution in [0.3, 0.4) is 0 Å². The van der Waals surface area contributed by atoms with Gasteiger partial charge in [0.15, 0.2) is 0 Å². The van der Waals surface area contributed by atoms with Gasteiger partial charge in [-0.2, -0.15) is 37.5 Å². The summed E-state index contributed by atoms with van der Waals surface area (Å²) >= 11 is 0. The van der Waals surface area contributed by atoms with Crippen molar-refractivity contribution in [2.75, 3.05) is 0 Å². The molecule has 0 N–H and O–H groups in total. The van der Waals surface area contributed by atoms with Gasteiger partial charge in [-0.05, 0) is 0 Å². The molecule has 0 heterocycles. The number of hydrogen-bond acceptors (Lipinski definition) is 0. The average Bonchev–Trinajstić information content (AvgIpc) is 2.65. The molecule has 0 radical (unpaired) electrons. The van der Waals surface area contributed by atoms with Gasteiger partial charge in [-0.25, -0.2) is 0 Å². The minimum absolute atomic E-state index is 0. The summed E-state index contributed by atoms with van der Waals surface area (Å²) in [5.41, 5.74) is 0. The molecule has 2 heteroatoms. The fourth-order valence-corrected chi connectivity index (χ4v) is 1.28. The zero-order valence-electron chi connectivity index (χ0n) is 18.5. The van der Waals surface area contributed by atoms with E-state index in [1.807, 2.05) is 0 Å². The van der Waals surface area contributed by atoms with Crippen molar-refractivity contribution in [2.24, 2.45) is 11.8 Å². The molecule has 1 fully saturated rings. The Hall–Kier alpha value is 1.38. The summed E-state index contributed by atoms with van der Waals surface area (Å²) in [6.07, 6.45) is 14.5. The first-order valence-electron chi connectivity index (χ1n) is 10.3. The van der Waals surface area contributed by atoms with Crippen LogP contribution in [0.25, 0.3) is 0 Å². The quantitative estimate of drug-likeness (QED) is 0.254.